The highest BCUT2D eigenvalue weighted by molar-refractivity contribution is 5.74. The number of rotatable bonds is 5. The number of hydrogen-bond donors (Lipinski definition) is 1. The molecule has 0 bridgehead atoms. The zero-order chi connectivity index (χ0) is 18.5. The Balaban J connectivity index is 1.19. The molecule has 1 saturated carbocycles. The maximum atomic E-state index is 12.1. The Hall–Kier alpha value is -1.79. The summed E-state index contributed by atoms with van der Waals surface area (Å²) in [4.78, 5) is 16.6. The van der Waals surface area contributed by atoms with Crippen LogP contribution in [0.4, 0.5) is 4.79 Å². The normalized spacial score (nSPS) is 22.3. The molecule has 0 radical (unpaired) electrons. The monoisotopic (exact) mass is 373 g/mol. The van der Waals surface area contributed by atoms with Gasteiger partial charge in [0.15, 0.2) is 0 Å². The second-order valence-electron chi connectivity index (χ2n) is 7.84. The average molecular weight is 373 g/mol. The number of morpholine rings is 1. The van der Waals surface area contributed by atoms with Crippen LogP contribution < -0.4 is 10.1 Å². The van der Waals surface area contributed by atoms with Crippen LogP contribution in [0.3, 0.4) is 0 Å². The van der Waals surface area contributed by atoms with Crippen LogP contribution in [0.25, 0.3) is 0 Å². The van der Waals surface area contributed by atoms with Crippen molar-refractivity contribution in [3.05, 3.63) is 29.8 Å². The molecule has 2 aliphatic heterocycles. The van der Waals surface area contributed by atoms with Gasteiger partial charge in [-0.25, -0.2) is 4.79 Å². The van der Waals surface area contributed by atoms with Gasteiger partial charge in [0.25, 0.3) is 0 Å². The van der Waals surface area contributed by atoms with Crippen molar-refractivity contribution < 1.29 is 14.3 Å². The van der Waals surface area contributed by atoms with E-state index in [-0.39, 0.29) is 6.03 Å². The van der Waals surface area contributed by atoms with Crippen LogP contribution in [-0.2, 0) is 11.3 Å². The number of likely N-dealkylation sites (tertiary alicyclic amines) is 1. The summed E-state index contributed by atoms with van der Waals surface area (Å²) >= 11 is 0. The molecule has 0 spiro atoms. The summed E-state index contributed by atoms with van der Waals surface area (Å²) in [5, 5.41) is 2.98. The van der Waals surface area contributed by atoms with Crippen molar-refractivity contribution in [2.45, 2.75) is 50.8 Å². The van der Waals surface area contributed by atoms with Gasteiger partial charge in [0.05, 0.1) is 13.2 Å². The van der Waals surface area contributed by atoms with Gasteiger partial charge in [-0.1, -0.05) is 18.6 Å². The smallest absolute Gasteiger partial charge is 0.317 e. The zero-order valence-electron chi connectivity index (χ0n) is 16.1. The molecule has 6 nitrogen and oxygen atoms in total. The van der Waals surface area contributed by atoms with E-state index in [4.69, 9.17) is 9.47 Å². The SMILES string of the molecule is O=C(NCc1ccc(OC2CCN(C3CCC3)CC2)cc1)N1CCOCC1. The second-order valence-corrected chi connectivity index (χ2v) is 7.84. The molecule has 0 aromatic heterocycles. The third-order valence-electron chi connectivity index (χ3n) is 6.04. The molecule has 27 heavy (non-hydrogen) atoms. The lowest BCUT2D eigenvalue weighted by molar-refractivity contribution is 0.0493. The van der Waals surface area contributed by atoms with E-state index >= 15 is 0 Å². The van der Waals surface area contributed by atoms with Gasteiger partial charge in [0.2, 0.25) is 0 Å². The van der Waals surface area contributed by atoms with Gasteiger partial charge in [-0.3, -0.25) is 0 Å². The van der Waals surface area contributed by atoms with E-state index in [0.29, 0.717) is 39.0 Å². The Bertz CT molecular complexity index is 604. The molecule has 2 saturated heterocycles. The highest BCUT2D eigenvalue weighted by atomic mass is 16.5. The summed E-state index contributed by atoms with van der Waals surface area (Å²) in [7, 11) is 0. The summed E-state index contributed by atoms with van der Waals surface area (Å²) in [6, 6.07) is 8.95. The molecule has 148 valence electrons. The van der Waals surface area contributed by atoms with Gasteiger partial charge < -0.3 is 24.6 Å². The Labute approximate surface area is 161 Å². The lowest BCUT2D eigenvalue weighted by atomic mass is 9.90. The van der Waals surface area contributed by atoms with E-state index in [2.05, 4.69) is 10.2 Å². The molecule has 0 atom stereocenters. The minimum absolute atomic E-state index is 0.0168. The van der Waals surface area contributed by atoms with Crippen molar-refractivity contribution in [2.75, 3.05) is 39.4 Å². The van der Waals surface area contributed by atoms with Gasteiger partial charge >= 0.3 is 6.03 Å². The largest absolute Gasteiger partial charge is 0.490 e. The fraction of sp³-hybridized carbons (Fsp3) is 0.667. The molecule has 4 rings (SSSR count). The van der Waals surface area contributed by atoms with Gasteiger partial charge in [-0.05, 0) is 43.4 Å². The molecule has 1 aromatic rings. The van der Waals surface area contributed by atoms with Crippen LogP contribution in [0.5, 0.6) is 5.75 Å². The third kappa shape index (κ3) is 4.93. The lowest BCUT2D eigenvalue weighted by Crippen LogP contribution is -2.46. The first-order chi connectivity index (χ1) is 13.3. The molecule has 1 aliphatic carbocycles. The zero-order valence-corrected chi connectivity index (χ0v) is 16.1. The number of amides is 2. The van der Waals surface area contributed by atoms with Gasteiger partial charge in [0.1, 0.15) is 11.9 Å². The topological polar surface area (TPSA) is 54.0 Å². The number of hydrogen-bond acceptors (Lipinski definition) is 4. The van der Waals surface area contributed by atoms with Gasteiger partial charge in [0, 0.05) is 38.8 Å². The fourth-order valence-electron chi connectivity index (χ4n) is 4.04. The van der Waals surface area contributed by atoms with Crippen molar-refractivity contribution in [3.8, 4) is 5.75 Å². The first-order valence-corrected chi connectivity index (χ1v) is 10.4. The van der Waals surface area contributed by atoms with E-state index in [1.54, 1.807) is 4.90 Å². The number of benzene rings is 1. The maximum absolute atomic E-state index is 12.1. The van der Waals surface area contributed by atoms with Crippen molar-refractivity contribution >= 4 is 6.03 Å². The molecule has 1 N–H and O–H groups in total. The number of carbonyl (C=O) groups excluding carboxylic acids is 1. The summed E-state index contributed by atoms with van der Waals surface area (Å²) in [5.74, 6) is 0.931. The molecular formula is C21H31N3O3. The third-order valence-corrected chi connectivity index (χ3v) is 6.04. The Morgan fingerprint density at radius 3 is 2.37 bits per heavy atom. The number of urea groups is 1. The first kappa shape index (κ1) is 18.6. The predicted molar refractivity (Wildman–Crippen MR) is 104 cm³/mol. The van der Waals surface area contributed by atoms with E-state index in [1.807, 2.05) is 24.3 Å². The van der Waals surface area contributed by atoms with Crippen molar-refractivity contribution in [3.63, 3.8) is 0 Å². The van der Waals surface area contributed by atoms with Crippen LogP contribution in [0.1, 0.15) is 37.7 Å². The molecule has 1 aromatic carbocycles. The highest BCUT2D eigenvalue weighted by Crippen LogP contribution is 2.28. The van der Waals surface area contributed by atoms with E-state index < -0.39 is 0 Å². The molecular weight excluding hydrogens is 342 g/mol. The van der Waals surface area contributed by atoms with E-state index in [9.17, 15) is 4.79 Å². The Kier molecular flexibility index (Phi) is 6.14. The number of ether oxygens (including phenoxy) is 2. The second kappa shape index (κ2) is 8.93. The maximum Gasteiger partial charge on any atom is 0.317 e. The number of nitrogens with zero attached hydrogens (tertiary/aromatic N) is 2. The Morgan fingerprint density at radius 1 is 1.04 bits per heavy atom. The molecule has 2 amide bonds. The molecule has 0 unspecified atom stereocenters. The lowest BCUT2D eigenvalue weighted by Gasteiger charge is -2.41. The summed E-state index contributed by atoms with van der Waals surface area (Å²) in [6.07, 6.45) is 6.74. The van der Waals surface area contributed by atoms with Crippen molar-refractivity contribution in [1.82, 2.24) is 15.1 Å². The van der Waals surface area contributed by atoms with Crippen LogP contribution in [0.2, 0.25) is 0 Å². The number of nitrogens with one attached hydrogen (secondary N) is 1. The van der Waals surface area contributed by atoms with E-state index in [0.717, 1.165) is 30.2 Å². The van der Waals surface area contributed by atoms with Crippen LogP contribution in [0.15, 0.2) is 24.3 Å². The molecule has 3 aliphatic rings. The number of piperidine rings is 1. The summed E-state index contributed by atoms with van der Waals surface area (Å²) < 4.78 is 11.5. The minimum atomic E-state index is -0.0168. The highest BCUT2D eigenvalue weighted by Gasteiger charge is 2.29. The molecule has 3 fully saturated rings. The van der Waals surface area contributed by atoms with E-state index in [1.165, 1.54) is 32.4 Å². The standard InChI is InChI=1S/C21H31N3O3/c25-21(24-12-14-26-15-13-24)22-16-17-4-6-19(7-5-17)27-20-8-10-23(11-9-20)18-2-1-3-18/h4-7,18,20H,1-3,8-16H2,(H,22,25). The quantitative estimate of drug-likeness (QED) is 0.862. The minimum Gasteiger partial charge on any atom is -0.490 e. The van der Waals surface area contributed by atoms with Gasteiger partial charge in [-0.2, -0.15) is 0 Å². The van der Waals surface area contributed by atoms with Crippen LogP contribution in [-0.4, -0.2) is 67.4 Å². The van der Waals surface area contributed by atoms with Crippen molar-refractivity contribution in [1.29, 1.82) is 0 Å². The summed E-state index contributed by atoms with van der Waals surface area (Å²) in [6.45, 7) is 5.45. The summed E-state index contributed by atoms with van der Waals surface area (Å²) in [5.41, 5.74) is 1.09. The Morgan fingerprint density at radius 2 is 1.74 bits per heavy atom. The number of carbonyl (C=O) groups is 1. The van der Waals surface area contributed by atoms with Crippen LogP contribution in [0, 0.1) is 0 Å². The van der Waals surface area contributed by atoms with Crippen molar-refractivity contribution in [2.24, 2.45) is 0 Å². The fourth-order valence-corrected chi connectivity index (χ4v) is 4.04. The van der Waals surface area contributed by atoms with Crippen LogP contribution >= 0.6 is 0 Å². The van der Waals surface area contributed by atoms with Gasteiger partial charge in [-0.15, -0.1) is 0 Å². The molecule has 2 heterocycles. The molecule has 6 heteroatoms. The first-order valence-electron chi connectivity index (χ1n) is 10.4. The average Bonchev–Trinajstić information content (AvgIpc) is 2.68. The predicted octanol–water partition coefficient (Wildman–Crippen LogP) is 2.62.